The lowest BCUT2D eigenvalue weighted by Gasteiger charge is -2.12. The van der Waals surface area contributed by atoms with E-state index in [0.717, 1.165) is 30.7 Å². The number of hydrogen-bond donors (Lipinski definition) is 1. The summed E-state index contributed by atoms with van der Waals surface area (Å²) in [6.45, 7) is 2.14. The normalized spacial score (nSPS) is 22.9. The molecule has 0 aromatic heterocycles. The van der Waals surface area contributed by atoms with Crippen LogP contribution < -0.4 is 5.32 Å². The van der Waals surface area contributed by atoms with E-state index in [-0.39, 0.29) is 0 Å². The molecule has 1 aliphatic carbocycles. The van der Waals surface area contributed by atoms with Crippen LogP contribution in [-0.2, 0) is 6.18 Å². The van der Waals surface area contributed by atoms with E-state index in [9.17, 15) is 13.2 Å². The van der Waals surface area contributed by atoms with Crippen molar-refractivity contribution in [2.45, 2.75) is 38.4 Å². The Labute approximate surface area is 113 Å². The monoisotopic (exact) mass is 321 g/mol. The van der Waals surface area contributed by atoms with Crippen molar-refractivity contribution in [2.75, 3.05) is 5.32 Å². The fourth-order valence-electron chi connectivity index (χ4n) is 2.12. The number of halogens is 4. The first-order chi connectivity index (χ1) is 8.41. The van der Waals surface area contributed by atoms with E-state index < -0.39 is 11.7 Å². The van der Waals surface area contributed by atoms with Gasteiger partial charge in [0.1, 0.15) is 0 Å². The Morgan fingerprint density at radius 2 is 2.11 bits per heavy atom. The van der Waals surface area contributed by atoms with Crippen molar-refractivity contribution >= 4 is 21.6 Å². The molecule has 2 atom stereocenters. The second-order valence-corrected chi connectivity index (χ2v) is 5.58. The molecule has 1 nitrogen and oxygen atoms in total. The highest BCUT2D eigenvalue weighted by molar-refractivity contribution is 9.10. The van der Waals surface area contributed by atoms with Crippen LogP contribution in [-0.4, -0.2) is 6.04 Å². The zero-order chi connectivity index (χ0) is 13.3. The van der Waals surface area contributed by atoms with Gasteiger partial charge in [-0.2, -0.15) is 13.2 Å². The lowest BCUT2D eigenvalue weighted by Crippen LogP contribution is -2.08. The van der Waals surface area contributed by atoms with Gasteiger partial charge in [-0.25, -0.2) is 0 Å². The van der Waals surface area contributed by atoms with Gasteiger partial charge in [0.05, 0.1) is 5.56 Å². The van der Waals surface area contributed by atoms with Crippen LogP contribution in [0.3, 0.4) is 0 Å². The fourth-order valence-corrected chi connectivity index (χ4v) is 2.62. The lowest BCUT2D eigenvalue weighted by molar-refractivity contribution is -0.137. The highest BCUT2D eigenvalue weighted by atomic mass is 79.9. The maximum Gasteiger partial charge on any atom is 0.416 e. The van der Waals surface area contributed by atoms with Crippen molar-refractivity contribution in [1.82, 2.24) is 0 Å². The maximum atomic E-state index is 12.5. The predicted octanol–water partition coefficient (Wildman–Crippen LogP) is 5.07. The lowest BCUT2D eigenvalue weighted by atomic mass is 10.2. The molecule has 0 saturated heterocycles. The van der Waals surface area contributed by atoms with Gasteiger partial charge in [-0.05, 0) is 52.9 Å². The van der Waals surface area contributed by atoms with Crippen LogP contribution in [0.5, 0.6) is 0 Å². The van der Waals surface area contributed by atoms with E-state index in [1.165, 1.54) is 12.5 Å². The number of anilines is 1. The number of rotatable bonds is 4. The molecule has 5 heteroatoms. The number of benzene rings is 1. The molecule has 1 saturated carbocycles. The van der Waals surface area contributed by atoms with Crippen LogP contribution in [0.15, 0.2) is 22.7 Å². The minimum atomic E-state index is -4.29. The quantitative estimate of drug-likeness (QED) is 0.816. The molecule has 2 unspecified atom stereocenters. The summed E-state index contributed by atoms with van der Waals surface area (Å²) in [5.74, 6) is 0.671. The van der Waals surface area contributed by atoms with Gasteiger partial charge >= 0.3 is 6.18 Å². The Kier molecular flexibility index (Phi) is 3.90. The molecule has 1 aromatic carbocycles. The van der Waals surface area contributed by atoms with Crippen LogP contribution in [0.1, 0.15) is 31.7 Å². The van der Waals surface area contributed by atoms with Crippen LogP contribution >= 0.6 is 15.9 Å². The summed E-state index contributed by atoms with van der Waals surface area (Å²) in [6.07, 6.45) is -0.848. The highest BCUT2D eigenvalue weighted by Crippen LogP contribution is 2.40. The SMILES string of the molecule is CCCC1CC1Nc1ccc(C(F)(F)F)cc1Br. The average molecular weight is 322 g/mol. The number of nitrogens with one attached hydrogen (secondary N) is 1. The van der Waals surface area contributed by atoms with Crippen molar-refractivity contribution in [2.24, 2.45) is 5.92 Å². The standard InChI is InChI=1S/C13H15BrF3N/c1-2-3-8-6-12(8)18-11-5-4-9(7-10(11)14)13(15,16)17/h4-5,7-8,12,18H,2-3,6H2,1H3. The van der Waals surface area contributed by atoms with Crippen molar-refractivity contribution in [1.29, 1.82) is 0 Å². The maximum absolute atomic E-state index is 12.5. The van der Waals surface area contributed by atoms with Crippen molar-refractivity contribution in [3.8, 4) is 0 Å². The molecule has 100 valence electrons. The first kappa shape index (κ1) is 13.7. The third-order valence-electron chi connectivity index (χ3n) is 3.22. The summed E-state index contributed by atoms with van der Waals surface area (Å²) in [5, 5.41) is 3.28. The summed E-state index contributed by atoms with van der Waals surface area (Å²) in [6, 6.07) is 4.15. The molecule has 2 rings (SSSR count). The van der Waals surface area contributed by atoms with Gasteiger partial charge in [-0.1, -0.05) is 13.3 Å². The average Bonchev–Trinajstić information content (AvgIpc) is 2.99. The number of alkyl halides is 3. The second kappa shape index (κ2) is 5.11. The van der Waals surface area contributed by atoms with Crippen molar-refractivity contribution in [3.63, 3.8) is 0 Å². The zero-order valence-corrected chi connectivity index (χ0v) is 11.6. The van der Waals surface area contributed by atoms with Gasteiger partial charge < -0.3 is 5.32 Å². The Bertz CT molecular complexity index is 431. The molecule has 0 radical (unpaired) electrons. The fraction of sp³-hybridized carbons (Fsp3) is 0.538. The Morgan fingerprint density at radius 1 is 1.39 bits per heavy atom. The topological polar surface area (TPSA) is 12.0 Å². The Morgan fingerprint density at radius 3 is 2.67 bits per heavy atom. The van der Waals surface area contributed by atoms with Gasteiger partial charge in [0.25, 0.3) is 0 Å². The van der Waals surface area contributed by atoms with E-state index in [1.54, 1.807) is 0 Å². The molecule has 0 spiro atoms. The minimum Gasteiger partial charge on any atom is -0.381 e. The predicted molar refractivity (Wildman–Crippen MR) is 69.6 cm³/mol. The van der Waals surface area contributed by atoms with Gasteiger partial charge in [-0.3, -0.25) is 0 Å². The van der Waals surface area contributed by atoms with Crippen molar-refractivity contribution < 1.29 is 13.2 Å². The molecule has 0 bridgehead atoms. The van der Waals surface area contributed by atoms with Crippen LogP contribution in [0, 0.1) is 5.92 Å². The molecule has 18 heavy (non-hydrogen) atoms. The summed E-state index contributed by atoms with van der Waals surface area (Å²) in [7, 11) is 0. The van der Waals surface area contributed by atoms with E-state index in [1.807, 2.05) is 0 Å². The molecular weight excluding hydrogens is 307 g/mol. The summed E-state index contributed by atoms with van der Waals surface area (Å²) < 4.78 is 38.0. The minimum absolute atomic E-state index is 0.415. The van der Waals surface area contributed by atoms with Crippen LogP contribution in [0.2, 0.25) is 0 Å². The van der Waals surface area contributed by atoms with E-state index in [2.05, 4.69) is 28.2 Å². The molecule has 0 heterocycles. The molecule has 1 aliphatic rings. The zero-order valence-electron chi connectivity index (χ0n) is 10.0. The van der Waals surface area contributed by atoms with Gasteiger partial charge in [0.2, 0.25) is 0 Å². The molecule has 1 N–H and O–H groups in total. The third-order valence-corrected chi connectivity index (χ3v) is 3.88. The first-order valence-corrected chi connectivity index (χ1v) is 6.84. The van der Waals surface area contributed by atoms with Gasteiger partial charge in [0.15, 0.2) is 0 Å². The third kappa shape index (κ3) is 3.19. The summed E-state index contributed by atoms with van der Waals surface area (Å²) in [5.41, 5.74) is 0.118. The Hall–Kier alpha value is -0.710. The molecule has 1 aromatic rings. The van der Waals surface area contributed by atoms with Crippen LogP contribution in [0.4, 0.5) is 18.9 Å². The molecule has 0 amide bonds. The van der Waals surface area contributed by atoms with Gasteiger partial charge in [-0.15, -0.1) is 0 Å². The van der Waals surface area contributed by atoms with Gasteiger partial charge in [0, 0.05) is 16.2 Å². The van der Waals surface area contributed by atoms with E-state index >= 15 is 0 Å². The second-order valence-electron chi connectivity index (χ2n) is 4.73. The van der Waals surface area contributed by atoms with E-state index in [4.69, 9.17) is 0 Å². The highest BCUT2D eigenvalue weighted by Gasteiger charge is 2.36. The summed E-state index contributed by atoms with van der Waals surface area (Å²) >= 11 is 3.19. The molecular formula is C13H15BrF3N. The van der Waals surface area contributed by atoms with E-state index in [0.29, 0.717) is 16.4 Å². The summed E-state index contributed by atoms with van der Waals surface area (Å²) in [4.78, 5) is 0. The Balaban J connectivity index is 2.03. The molecule has 1 fully saturated rings. The number of hydrogen-bond acceptors (Lipinski definition) is 1. The smallest absolute Gasteiger partial charge is 0.381 e. The van der Waals surface area contributed by atoms with Crippen LogP contribution in [0.25, 0.3) is 0 Å². The first-order valence-electron chi connectivity index (χ1n) is 6.05. The largest absolute Gasteiger partial charge is 0.416 e. The van der Waals surface area contributed by atoms with Crippen molar-refractivity contribution in [3.05, 3.63) is 28.2 Å². The molecule has 0 aliphatic heterocycles.